The Balaban J connectivity index is 2.23. The predicted molar refractivity (Wildman–Crippen MR) is 66.1 cm³/mol. The van der Waals surface area contributed by atoms with Crippen LogP contribution < -0.4 is 5.32 Å². The highest BCUT2D eigenvalue weighted by Gasteiger charge is 2.22. The van der Waals surface area contributed by atoms with E-state index in [-0.39, 0.29) is 0 Å². The highest BCUT2D eigenvalue weighted by Crippen LogP contribution is 2.19. The minimum absolute atomic E-state index is 0.741. The van der Waals surface area contributed by atoms with Gasteiger partial charge in [-0.1, -0.05) is 6.92 Å². The molecule has 1 saturated heterocycles. The van der Waals surface area contributed by atoms with Gasteiger partial charge in [0.15, 0.2) is 0 Å². The van der Waals surface area contributed by atoms with Gasteiger partial charge in [-0.15, -0.1) is 0 Å². The SMILES string of the molecule is CCNCCC(C)N1CCSCC1C. The molecule has 2 atom stereocenters. The average molecular weight is 216 g/mol. The van der Waals surface area contributed by atoms with E-state index in [4.69, 9.17) is 0 Å². The summed E-state index contributed by atoms with van der Waals surface area (Å²) in [5.41, 5.74) is 0. The molecule has 14 heavy (non-hydrogen) atoms. The normalized spacial score (nSPS) is 26.4. The standard InChI is InChI=1S/C11H24N2S/c1-4-12-6-5-10(2)13-7-8-14-9-11(13)3/h10-12H,4-9H2,1-3H3. The molecule has 1 N–H and O–H groups in total. The van der Waals surface area contributed by atoms with Crippen LogP contribution in [0.2, 0.25) is 0 Å². The third kappa shape index (κ3) is 3.79. The van der Waals surface area contributed by atoms with Crippen molar-refractivity contribution in [3.8, 4) is 0 Å². The van der Waals surface area contributed by atoms with Crippen LogP contribution in [0, 0.1) is 0 Å². The van der Waals surface area contributed by atoms with Crippen LogP contribution in [0.3, 0.4) is 0 Å². The van der Waals surface area contributed by atoms with Crippen molar-refractivity contribution in [3.05, 3.63) is 0 Å². The summed E-state index contributed by atoms with van der Waals surface area (Å²) in [5.74, 6) is 2.63. The summed E-state index contributed by atoms with van der Waals surface area (Å²) in [6.07, 6.45) is 1.28. The van der Waals surface area contributed by atoms with Crippen LogP contribution in [0.4, 0.5) is 0 Å². The number of nitrogens with one attached hydrogen (secondary N) is 1. The molecule has 0 saturated carbocycles. The van der Waals surface area contributed by atoms with E-state index in [2.05, 4.69) is 42.7 Å². The van der Waals surface area contributed by atoms with E-state index in [9.17, 15) is 0 Å². The fraction of sp³-hybridized carbons (Fsp3) is 1.00. The molecule has 0 aliphatic carbocycles. The number of nitrogens with zero attached hydrogens (tertiary/aromatic N) is 1. The third-order valence-electron chi connectivity index (χ3n) is 2.97. The minimum atomic E-state index is 0.741. The second-order valence-electron chi connectivity index (χ2n) is 4.15. The fourth-order valence-corrected chi connectivity index (χ4v) is 3.09. The molecular formula is C11H24N2S. The Morgan fingerprint density at radius 1 is 1.57 bits per heavy atom. The molecule has 84 valence electrons. The van der Waals surface area contributed by atoms with Crippen LogP contribution in [0.15, 0.2) is 0 Å². The van der Waals surface area contributed by atoms with Crippen molar-refractivity contribution in [2.24, 2.45) is 0 Å². The molecule has 0 radical (unpaired) electrons. The maximum atomic E-state index is 3.40. The summed E-state index contributed by atoms with van der Waals surface area (Å²) in [4.78, 5) is 2.66. The highest BCUT2D eigenvalue weighted by molar-refractivity contribution is 7.99. The molecule has 0 bridgehead atoms. The van der Waals surface area contributed by atoms with Crippen molar-refractivity contribution in [3.63, 3.8) is 0 Å². The molecule has 1 rings (SSSR count). The average Bonchev–Trinajstić information content (AvgIpc) is 2.18. The van der Waals surface area contributed by atoms with Crippen LogP contribution in [-0.2, 0) is 0 Å². The molecule has 0 aromatic carbocycles. The molecule has 1 aliphatic rings. The maximum Gasteiger partial charge on any atom is 0.0161 e. The first kappa shape index (κ1) is 12.3. The van der Waals surface area contributed by atoms with Gasteiger partial charge < -0.3 is 5.32 Å². The zero-order chi connectivity index (χ0) is 10.4. The molecule has 1 fully saturated rings. The van der Waals surface area contributed by atoms with Crippen LogP contribution in [-0.4, -0.2) is 48.1 Å². The van der Waals surface area contributed by atoms with E-state index in [1.165, 1.54) is 24.5 Å². The first-order valence-corrected chi connectivity index (χ1v) is 6.95. The van der Waals surface area contributed by atoms with Crippen molar-refractivity contribution in [1.82, 2.24) is 10.2 Å². The Kier molecular flexibility index (Phi) is 5.90. The van der Waals surface area contributed by atoms with Crippen LogP contribution in [0.1, 0.15) is 27.2 Å². The van der Waals surface area contributed by atoms with E-state index in [0.717, 1.165) is 25.2 Å². The van der Waals surface area contributed by atoms with Gasteiger partial charge in [-0.2, -0.15) is 11.8 Å². The quantitative estimate of drug-likeness (QED) is 0.706. The van der Waals surface area contributed by atoms with Gasteiger partial charge in [-0.25, -0.2) is 0 Å². The first-order valence-electron chi connectivity index (χ1n) is 5.80. The van der Waals surface area contributed by atoms with Gasteiger partial charge in [-0.05, 0) is 33.4 Å². The van der Waals surface area contributed by atoms with E-state index in [1.807, 2.05) is 0 Å². The second kappa shape index (κ2) is 6.70. The summed E-state index contributed by atoms with van der Waals surface area (Å²) in [7, 11) is 0. The van der Waals surface area contributed by atoms with Gasteiger partial charge in [0.1, 0.15) is 0 Å². The van der Waals surface area contributed by atoms with Gasteiger partial charge in [-0.3, -0.25) is 4.90 Å². The zero-order valence-electron chi connectivity index (χ0n) is 9.75. The van der Waals surface area contributed by atoms with Gasteiger partial charge in [0, 0.05) is 30.1 Å². The van der Waals surface area contributed by atoms with Crippen LogP contribution in [0.25, 0.3) is 0 Å². The topological polar surface area (TPSA) is 15.3 Å². The van der Waals surface area contributed by atoms with E-state index in [1.54, 1.807) is 0 Å². The van der Waals surface area contributed by atoms with Gasteiger partial charge in [0.05, 0.1) is 0 Å². The Morgan fingerprint density at radius 3 is 3.00 bits per heavy atom. The minimum Gasteiger partial charge on any atom is -0.317 e. The Labute approximate surface area is 92.8 Å². The molecule has 2 unspecified atom stereocenters. The first-order chi connectivity index (χ1) is 6.75. The molecule has 0 aromatic heterocycles. The van der Waals surface area contributed by atoms with Crippen molar-refractivity contribution in [2.45, 2.75) is 39.3 Å². The summed E-state index contributed by atoms with van der Waals surface area (Å²) >= 11 is 2.10. The molecule has 0 spiro atoms. The summed E-state index contributed by atoms with van der Waals surface area (Å²) in [5, 5.41) is 3.40. The van der Waals surface area contributed by atoms with Gasteiger partial charge >= 0.3 is 0 Å². The number of rotatable bonds is 5. The van der Waals surface area contributed by atoms with Crippen molar-refractivity contribution >= 4 is 11.8 Å². The van der Waals surface area contributed by atoms with Crippen molar-refractivity contribution in [2.75, 3.05) is 31.1 Å². The number of hydrogen-bond acceptors (Lipinski definition) is 3. The van der Waals surface area contributed by atoms with Gasteiger partial charge in [0.25, 0.3) is 0 Å². The lowest BCUT2D eigenvalue weighted by atomic mass is 10.1. The molecule has 3 heteroatoms. The monoisotopic (exact) mass is 216 g/mol. The smallest absolute Gasteiger partial charge is 0.0161 e. The Bertz CT molecular complexity index is 152. The second-order valence-corrected chi connectivity index (χ2v) is 5.30. The molecule has 2 nitrogen and oxygen atoms in total. The maximum absolute atomic E-state index is 3.40. The fourth-order valence-electron chi connectivity index (χ4n) is 2.05. The molecule has 0 aromatic rings. The zero-order valence-corrected chi connectivity index (χ0v) is 10.6. The lowest BCUT2D eigenvalue weighted by molar-refractivity contribution is 0.164. The van der Waals surface area contributed by atoms with Crippen LogP contribution in [0.5, 0.6) is 0 Å². The largest absolute Gasteiger partial charge is 0.317 e. The summed E-state index contributed by atoms with van der Waals surface area (Å²) in [6.45, 7) is 10.4. The van der Waals surface area contributed by atoms with E-state index in [0.29, 0.717) is 0 Å². The van der Waals surface area contributed by atoms with Crippen LogP contribution >= 0.6 is 11.8 Å². The lowest BCUT2D eigenvalue weighted by Crippen LogP contribution is -2.46. The summed E-state index contributed by atoms with van der Waals surface area (Å²) < 4.78 is 0. The molecule has 0 amide bonds. The summed E-state index contributed by atoms with van der Waals surface area (Å²) in [6, 6.07) is 1.51. The number of hydrogen-bond donors (Lipinski definition) is 1. The number of thioether (sulfide) groups is 1. The van der Waals surface area contributed by atoms with Crippen molar-refractivity contribution in [1.29, 1.82) is 0 Å². The third-order valence-corrected chi connectivity index (χ3v) is 4.16. The van der Waals surface area contributed by atoms with Crippen molar-refractivity contribution < 1.29 is 0 Å². The Hall–Kier alpha value is 0.270. The lowest BCUT2D eigenvalue weighted by Gasteiger charge is -2.37. The van der Waals surface area contributed by atoms with E-state index < -0.39 is 0 Å². The van der Waals surface area contributed by atoms with E-state index >= 15 is 0 Å². The highest BCUT2D eigenvalue weighted by atomic mass is 32.2. The molecular weight excluding hydrogens is 192 g/mol. The predicted octanol–water partition coefficient (Wildman–Crippen LogP) is 1.81. The van der Waals surface area contributed by atoms with Gasteiger partial charge in [0.2, 0.25) is 0 Å². The Morgan fingerprint density at radius 2 is 2.36 bits per heavy atom. The molecule has 1 heterocycles. The molecule has 1 aliphatic heterocycles.